The first-order valence-corrected chi connectivity index (χ1v) is 11.3. The van der Waals surface area contributed by atoms with Gasteiger partial charge in [0.15, 0.2) is 5.69 Å². The van der Waals surface area contributed by atoms with Gasteiger partial charge in [-0.3, -0.25) is 14.6 Å². The molecule has 9 heteroatoms. The van der Waals surface area contributed by atoms with Crippen molar-refractivity contribution in [2.75, 3.05) is 39.4 Å². The van der Waals surface area contributed by atoms with Gasteiger partial charge in [0.05, 0.1) is 19.8 Å². The average Bonchev–Trinajstić information content (AvgIpc) is 3.33. The standard InChI is InChI=1S/C25H28F2N4O3/c26-21-5-1-19(2-6-21)15-28-25(32)23-18-34-24(29-23)17-31(10-9-30-11-13-33-14-12-30)16-20-3-7-22(27)8-4-20/h1-8,18H,9-17H2,(H,28,32). The molecule has 0 unspecified atom stereocenters. The number of nitrogens with one attached hydrogen (secondary N) is 1. The maximum atomic E-state index is 13.3. The normalized spacial score (nSPS) is 14.4. The second-order valence-electron chi connectivity index (χ2n) is 8.23. The monoisotopic (exact) mass is 470 g/mol. The molecule has 1 fully saturated rings. The molecular weight excluding hydrogens is 442 g/mol. The Morgan fingerprint density at radius 2 is 1.62 bits per heavy atom. The molecule has 1 amide bonds. The van der Waals surface area contributed by atoms with E-state index in [0.29, 0.717) is 19.0 Å². The predicted octanol–water partition coefficient (Wildman–Crippen LogP) is 3.22. The summed E-state index contributed by atoms with van der Waals surface area (Å²) in [6.07, 6.45) is 1.34. The van der Waals surface area contributed by atoms with E-state index in [9.17, 15) is 13.6 Å². The van der Waals surface area contributed by atoms with E-state index in [2.05, 4.69) is 20.1 Å². The van der Waals surface area contributed by atoms with Crippen molar-refractivity contribution in [1.29, 1.82) is 0 Å². The molecule has 7 nitrogen and oxygen atoms in total. The lowest BCUT2D eigenvalue weighted by molar-refractivity contribution is 0.0320. The van der Waals surface area contributed by atoms with Crippen LogP contribution in [0.1, 0.15) is 27.5 Å². The Labute approximate surface area is 197 Å². The second-order valence-corrected chi connectivity index (χ2v) is 8.23. The van der Waals surface area contributed by atoms with Crippen molar-refractivity contribution in [3.63, 3.8) is 0 Å². The first kappa shape index (κ1) is 24.0. The molecule has 2 aromatic carbocycles. The zero-order valence-electron chi connectivity index (χ0n) is 18.9. The highest BCUT2D eigenvalue weighted by atomic mass is 19.1. The smallest absolute Gasteiger partial charge is 0.273 e. The molecular formula is C25H28F2N4O3. The topological polar surface area (TPSA) is 70.8 Å². The number of benzene rings is 2. The third-order valence-corrected chi connectivity index (χ3v) is 5.67. The minimum Gasteiger partial charge on any atom is -0.447 e. The van der Waals surface area contributed by atoms with Gasteiger partial charge < -0.3 is 14.5 Å². The van der Waals surface area contributed by atoms with Crippen molar-refractivity contribution in [3.05, 3.63) is 89.1 Å². The number of hydrogen-bond donors (Lipinski definition) is 1. The van der Waals surface area contributed by atoms with Gasteiger partial charge in [0, 0.05) is 39.3 Å². The van der Waals surface area contributed by atoms with Gasteiger partial charge in [-0.05, 0) is 35.4 Å². The third kappa shape index (κ3) is 7.18. The number of morpholine rings is 1. The number of nitrogens with zero attached hydrogens (tertiary/aromatic N) is 3. The van der Waals surface area contributed by atoms with Gasteiger partial charge in [-0.1, -0.05) is 24.3 Å². The maximum Gasteiger partial charge on any atom is 0.273 e. The highest BCUT2D eigenvalue weighted by Gasteiger charge is 2.17. The lowest BCUT2D eigenvalue weighted by Gasteiger charge is -2.29. The summed E-state index contributed by atoms with van der Waals surface area (Å²) in [5.41, 5.74) is 1.95. The van der Waals surface area contributed by atoms with Crippen LogP contribution in [-0.4, -0.2) is 60.1 Å². The molecule has 0 aliphatic carbocycles. The summed E-state index contributed by atoms with van der Waals surface area (Å²) in [5, 5.41) is 2.76. The number of carbonyl (C=O) groups excluding carboxylic acids is 1. The Morgan fingerprint density at radius 3 is 2.29 bits per heavy atom. The van der Waals surface area contributed by atoms with E-state index in [4.69, 9.17) is 9.15 Å². The van der Waals surface area contributed by atoms with Gasteiger partial charge in [0.2, 0.25) is 5.89 Å². The van der Waals surface area contributed by atoms with Gasteiger partial charge >= 0.3 is 0 Å². The number of oxazole rings is 1. The van der Waals surface area contributed by atoms with Crippen molar-refractivity contribution < 1.29 is 22.7 Å². The number of hydrogen-bond acceptors (Lipinski definition) is 6. The SMILES string of the molecule is O=C(NCc1ccc(F)cc1)c1coc(CN(CCN2CCOCC2)Cc2ccc(F)cc2)n1. The van der Waals surface area contributed by atoms with E-state index in [-0.39, 0.29) is 29.8 Å². The second kappa shape index (κ2) is 11.8. The molecule has 1 N–H and O–H groups in total. The van der Waals surface area contributed by atoms with Crippen LogP contribution >= 0.6 is 0 Å². The van der Waals surface area contributed by atoms with Crippen molar-refractivity contribution in [2.24, 2.45) is 0 Å². The first-order chi connectivity index (χ1) is 16.5. The fourth-order valence-electron chi connectivity index (χ4n) is 3.72. The van der Waals surface area contributed by atoms with Crippen LogP contribution < -0.4 is 5.32 Å². The van der Waals surface area contributed by atoms with E-state index in [1.165, 1.54) is 30.5 Å². The molecule has 1 saturated heterocycles. The van der Waals surface area contributed by atoms with E-state index in [0.717, 1.165) is 50.5 Å². The fraction of sp³-hybridized carbons (Fsp3) is 0.360. The van der Waals surface area contributed by atoms with Crippen molar-refractivity contribution >= 4 is 5.91 Å². The van der Waals surface area contributed by atoms with Crippen molar-refractivity contribution in [1.82, 2.24) is 20.1 Å². The Bertz CT molecular complexity index is 1050. The zero-order chi connectivity index (χ0) is 23.8. The molecule has 1 aliphatic rings. The summed E-state index contributed by atoms with van der Waals surface area (Å²) >= 11 is 0. The number of aromatic nitrogens is 1. The van der Waals surface area contributed by atoms with Gasteiger partial charge in [-0.25, -0.2) is 13.8 Å². The summed E-state index contributed by atoms with van der Waals surface area (Å²) in [4.78, 5) is 21.3. The molecule has 0 spiro atoms. The van der Waals surface area contributed by atoms with Crippen LogP contribution in [-0.2, 0) is 24.4 Å². The summed E-state index contributed by atoms with van der Waals surface area (Å²) in [5.74, 6) is -0.531. The Morgan fingerprint density at radius 1 is 0.971 bits per heavy atom. The number of amides is 1. The average molecular weight is 471 g/mol. The van der Waals surface area contributed by atoms with E-state index >= 15 is 0 Å². The number of halogens is 2. The molecule has 180 valence electrons. The van der Waals surface area contributed by atoms with Gasteiger partial charge in [-0.2, -0.15) is 0 Å². The summed E-state index contributed by atoms with van der Waals surface area (Å²) < 4.78 is 37.3. The van der Waals surface area contributed by atoms with E-state index in [1.807, 2.05) is 0 Å². The molecule has 1 aliphatic heterocycles. The van der Waals surface area contributed by atoms with Crippen molar-refractivity contribution in [3.8, 4) is 0 Å². The number of carbonyl (C=O) groups is 1. The Kier molecular flexibility index (Phi) is 8.35. The van der Waals surface area contributed by atoms with Crippen LogP contribution in [0, 0.1) is 11.6 Å². The maximum absolute atomic E-state index is 13.3. The lowest BCUT2D eigenvalue weighted by atomic mass is 10.2. The molecule has 34 heavy (non-hydrogen) atoms. The quantitative estimate of drug-likeness (QED) is 0.491. The van der Waals surface area contributed by atoms with E-state index in [1.54, 1.807) is 24.3 Å². The van der Waals surface area contributed by atoms with Crippen LogP contribution in [0.4, 0.5) is 8.78 Å². The largest absolute Gasteiger partial charge is 0.447 e. The highest BCUT2D eigenvalue weighted by molar-refractivity contribution is 5.91. The minimum atomic E-state index is -0.363. The minimum absolute atomic E-state index is 0.187. The van der Waals surface area contributed by atoms with Crippen LogP contribution in [0.3, 0.4) is 0 Å². The van der Waals surface area contributed by atoms with Gasteiger partial charge in [0.1, 0.15) is 17.9 Å². The number of ether oxygens (including phenoxy) is 1. The summed E-state index contributed by atoms with van der Waals surface area (Å²) in [7, 11) is 0. The van der Waals surface area contributed by atoms with Crippen LogP contribution in [0.15, 0.2) is 59.2 Å². The first-order valence-electron chi connectivity index (χ1n) is 11.3. The Balaban J connectivity index is 1.36. The van der Waals surface area contributed by atoms with Crippen molar-refractivity contribution in [2.45, 2.75) is 19.6 Å². The molecule has 2 heterocycles. The molecule has 4 rings (SSSR count). The molecule has 0 saturated carbocycles. The molecule has 3 aromatic rings. The fourth-order valence-corrected chi connectivity index (χ4v) is 3.72. The van der Waals surface area contributed by atoms with E-state index < -0.39 is 0 Å². The van der Waals surface area contributed by atoms with Gasteiger partial charge in [0.25, 0.3) is 5.91 Å². The summed E-state index contributed by atoms with van der Waals surface area (Å²) in [6.45, 7) is 6.12. The third-order valence-electron chi connectivity index (χ3n) is 5.67. The van der Waals surface area contributed by atoms with Gasteiger partial charge in [-0.15, -0.1) is 0 Å². The Hall–Kier alpha value is -3.14. The molecule has 1 aromatic heterocycles. The van der Waals surface area contributed by atoms with Crippen LogP contribution in [0.5, 0.6) is 0 Å². The summed E-state index contributed by atoms with van der Waals surface area (Å²) in [6, 6.07) is 12.4. The molecule has 0 atom stereocenters. The zero-order valence-corrected chi connectivity index (χ0v) is 18.9. The predicted molar refractivity (Wildman–Crippen MR) is 122 cm³/mol. The molecule has 0 bridgehead atoms. The van der Waals surface area contributed by atoms with Crippen LogP contribution in [0.25, 0.3) is 0 Å². The highest BCUT2D eigenvalue weighted by Crippen LogP contribution is 2.12. The lowest BCUT2D eigenvalue weighted by Crippen LogP contribution is -2.41. The number of rotatable bonds is 10. The molecule has 0 radical (unpaired) electrons. The van der Waals surface area contributed by atoms with Crippen LogP contribution in [0.2, 0.25) is 0 Å².